The first-order chi connectivity index (χ1) is 16.1. The molecule has 0 radical (unpaired) electrons. The van der Waals surface area contributed by atoms with E-state index < -0.39 is 0 Å². The van der Waals surface area contributed by atoms with E-state index in [1.165, 1.54) is 0 Å². The lowest BCUT2D eigenvalue weighted by Crippen LogP contribution is -2.37. The fourth-order valence-corrected chi connectivity index (χ4v) is 4.31. The van der Waals surface area contributed by atoms with Crippen LogP contribution in [0.4, 0.5) is 5.69 Å². The number of fused-ring (bicyclic) bond motifs is 1. The molecular formula is C26H26N4O3. The van der Waals surface area contributed by atoms with Gasteiger partial charge in [0, 0.05) is 37.9 Å². The molecule has 0 aliphatic carbocycles. The molecule has 7 nitrogen and oxygen atoms in total. The van der Waals surface area contributed by atoms with Crippen LogP contribution in [0, 0.1) is 6.92 Å². The van der Waals surface area contributed by atoms with Gasteiger partial charge in [-0.2, -0.15) is 0 Å². The summed E-state index contributed by atoms with van der Waals surface area (Å²) in [5.41, 5.74) is 5.43. The van der Waals surface area contributed by atoms with Crippen LogP contribution in [0.15, 0.2) is 65.2 Å². The van der Waals surface area contributed by atoms with Crippen molar-refractivity contribution in [3.63, 3.8) is 0 Å². The van der Waals surface area contributed by atoms with E-state index in [-0.39, 0.29) is 5.91 Å². The molecule has 0 N–H and O–H groups in total. The van der Waals surface area contributed by atoms with E-state index in [4.69, 9.17) is 9.26 Å². The van der Waals surface area contributed by atoms with Gasteiger partial charge in [-0.3, -0.25) is 4.79 Å². The molecule has 33 heavy (non-hydrogen) atoms. The molecule has 1 amide bonds. The lowest BCUT2D eigenvalue weighted by atomic mass is 10.0. The molecule has 7 heteroatoms. The van der Waals surface area contributed by atoms with Crippen molar-refractivity contribution < 1.29 is 14.1 Å². The summed E-state index contributed by atoms with van der Waals surface area (Å²) in [6.07, 6.45) is 0. The summed E-state index contributed by atoms with van der Waals surface area (Å²) in [4.78, 5) is 22.4. The average molecular weight is 443 g/mol. The highest BCUT2D eigenvalue weighted by Gasteiger charge is 2.23. The molecule has 0 bridgehead atoms. The number of aryl methyl sites for hydroxylation is 1. The molecule has 1 aliphatic heterocycles. The number of carbonyl (C=O) groups excluding carboxylic acids is 1. The van der Waals surface area contributed by atoms with E-state index in [2.05, 4.69) is 27.2 Å². The fourth-order valence-electron chi connectivity index (χ4n) is 4.31. The number of rotatable bonds is 5. The normalized spacial score (nSPS) is 13.9. The molecule has 5 rings (SSSR count). The average Bonchev–Trinajstić information content (AvgIpc) is 3.25. The number of morpholine rings is 1. The quantitative estimate of drug-likeness (QED) is 0.459. The largest absolute Gasteiger partial charge is 0.378 e. The first-order valence-electron chi connectivity index (χ1n) is 11.1. The van der Waals surface area contributed by atoms with Gasteiger partial charge in [-0.1, -0.05) is 53.7 Å². The van der Waals surface area contributed by atoms with Crippen LogP contribution < -0.4 is 4.90 Å². The maximum Gasteiger partial charge on any atom is 0.259 e. The van der Waals surface area contributed by atoms with Gasteiger partial charge < -0.3 is 19.1 Å². The first-order valence-corrected chi connectivity index (χ1v) is 11.1. The number of aromatic nitrogens is 2. The van der Waals surface area contributed by atoms with Crippen LogP contribution in [0.25, 0.3) is 22.4 Å². The van der Waals surface area contributed by atoms with Crippen molar-refractivity contribution in [2.24, 2.45) is 0 Å². The van der Waals surface area contributed by atoms with Crippen LogP contribution in [0.1, 0.15) is 21.6 Å². The number of nitrogens with zero attached hydrogens (tertiary/aromatic N) is 4. The molecule has 1 saturated heterocycles. The van der Waals surface area contributed by atoms with Gasteiger partial charge in [0.1, 0.15) is 0 Å². The number of carbonyl (C=O) groups is 1. The van der Waals surface area contributed by atoms with Crippen molar-refractivity contribution in [2.75, 3.05) is 38.3 Å². The number of benzene rings is 2. The summed E-state index contributed by atoms with van der Waals surface area (Å²) in [5.74, 6) is -0.0948. The smallest absolute Gasteiger partial charge is 0.259 e. The zero-order chi connectivity index (χ0) is 22.8. The number of hydrogen-bond acceptors (Lipinski definition) is 6. The summed E-state index contributed by atoms with van der Waals surface area (Å²) in [6.45, 7) is 5.45. The van der Waals surface area contributed by atoms with E-state index in [1.54, 1.807) is 4.90 Å². The zero-order valence-electron chi connectivity index (χ0n) is 18.8. The van der Waals surface area contributed by atoms with Crippen molar-refractivity contribution in [3.05, 3.63) is 77.5 Å². The van der Waals surface area contributed by atoms with Gasteiger partial charge in [0.25, 0.3) is 11.6 Å². The molecule has 4 aromatic rings. The molecule has 0 atom stereocenters. The van der Waals surface area contributed by atoms with Crippen LogP contribution >= 0.6 is 0 Å². The summed E-state index contributed by atoms with van der Waals surface area (Å²) < 4.78 is 11.0. The summed E-state index contributed by atoms with van der Waals surface area (Å²) >= 11 is 0. The number of amides is 1. The van der Waals surface area contributed by atoms with Gasteiger partial charge in [-0.25, -0.2) is 4.98 Å². The Bertz CT molecular complexity index is 1280. The predicted octanol–water partition coefficient (Wildman–Crippen LogP) is 4.31. The molecule has 1 fully saturated rings. The van der Waals surface area contributed by atoms with E-state index in [9.17, 15) is 4.79 Å². The molecule has 1 aliphatic rings. The summed E-state index contributed by atoms with van der Waals surface area (Å²) in [7, 11) is 1.83. The van der Waals surface area contributed by atoms with Crippen LogP contribution in [-0.2, 0) is 11.3 Å². The molecule has 168 valence electrons. The third-order valence-corrected chi connectivity index (χ3v) is 6.01. The molecule has 2 aromatic carbocycles. The second-order valence-corrected chi connectivity index (χ2v) is 8.26. The lowest BCUT2D eigenvalue weighted by molar-refractivity contribution is 0.0786. The third-order valence-electron chi connectivity index (χ3n) is 6.01. The second kappa shape index (κ2) is 9.03. The van der Waals surface area contributed by atoms with Crippen LogP contribution in [-0.4, -0.2) is 54.3 Å². The van der Waals surface area contributed by atoms with Crippen LogP contribution in [0.2, 0.25) is 0 Å². The summed E-state index contributed by atoms with van der Waals surface area (Å²) in [6, 6.07) is 19.9. The Morgan fingerprint density at radius 1 is 1.06 bits per heavy atom. The summed E-state index contributed by atoms with van der Waals surface area (Å²) in [5, 5.41) is 4.73. The van der Waals surface area contributed by atoms with Crippen molar-refractivity contribution in [2.45, 2.75) is 13.5 Å². The number of ether oxygens (including phenoxy) is 1. The fraction of sp³-hybridized carbons (Fsp3) is 0.269. The Morgan fingerprint density at radius 2 is 1.79 bits per heavy atom. The van der Waals surface area contributed by atoms with Crippen LogP contribution in [0.5, 0.6) is 0 Å². The highest BCUT2D eigenvalue weighted by molar-refractivity contribution is 6.06. The Balaban J connectivity index is 1.49. The predicted molar refractivity (Wildman–Crippen MR) is 127 cm³/mol. The molecule has 0 saturated carbocycles. The number of anilines is 1. The van der Waals surface area contributed by atoms with Gasteiger partial charge in [0.05, 0.1) is 35.6 Å². The van der Waals surface area contributed by atoms with Crippen molar-refractivity contribution in [3.8, 4) is 11.3 Å². The molecule has 3 heterocycles. The SMILES string of the molecule is Cc1noc2nc(-c3ccccc3)cc(C(=O)N(C)Cc3ccccc3N3CCOCC3)c12. The number of hydrogen-bond donors (Lipinski definition) is 0. The van der Waals surface area contributed by atoms with E-state index >= 15 is 0 Å². The topological polar surface area (TPSA) is 71.7 Å². The van der Waals surface area contributed by atoms with Crippen molar-refractivity contribution in [1.82, 2.24) is 15.0 Å². The van der Waals surface area contributed by atoms with Gasteiger partial charge >= 0.3 is 0 Å². The Kier molecular flexibility index (Phi) is 5.79. The minimum Gasteiger partial charge on any atom is -0.378 e. The van der Waals surface area contributed by atoms with E-state index in [0.717, 1.165) is 29.9 Å². The number of pyridine rings is 1. The lowest BCUT2D eigenvalue weighted by Gasteiger charge is -2.31. The van der Waals surface area contributed by atoms with Crippen molar-refractivity contribution >= 4 is 22.7 Å². The molecule has 0 unspecified atom stereocenters. The first kappa shape index (κ1) is 21.2. The van der Waals surface area contributed by atoms with E-state index in [0.29, 0.717) is 47.8 Å². The van der Waals surface area contributed by atoms with E-state index in [1.807, 2.05) is 62.5 Å². The van der Waals surface area contributed by atoms with Crippen LogP contribution in [0.3, 0.4) is 0 Å². The Morgan fingerprint density at radius 3 is 2.58 bits per heavy atom. The highest BCUT2D eigenvalue weighted by Crippen LogP contribution is 2.29. The minimum absolute atomic E-state index is 0.0948. The molecule has 2 aromatic heterocycles. The molecule has 0 spiro atoms. The number of para-hydroxylation sites is 1. The highest BCUT2D eigenvalue weighted by atomic mass is 16.5. The van der Waals surface area contributed by atoms with Gasteiger partial charge in [0.2, 0.25) is 0 Å². The standard InChI is InChI=1S/C26H26N4O3/c1-18-24-21(16-22(27-25(24)33-28-18)19-8-4-3-5-9-19)26(31)29(2)17-20-10-6-7-11-23(20)30-12-14-32-15-13-30/h3-11,16H,12-15,17H2,1-2H3. The van der Waals surface area contributed by atoms with Crippen molar-refractivity contribution in [1.29, 1.82) is 0 Å². The Hall–Kier alpha value is -3.71. The maximum absolute atomic E-state index is 13.7. The Labute approximate surface area is 192 Å². The third kappa shape index (κ3) is 4.19. The van der Waals surface area contributed by atoms with Gasteiger partial charge in [-0.15, -0.1) is 0 Å². The monoisotopic (exact) mass is 442 g/mol. The van der Waals surface area contributed by atoms with Gasteiger partial charge in [0.15, 0.2) is 0 Å². The molecular weight excluding hydrogens is 416 g/mol. The minimum atomic E-state index is -0.0948. The maximum atomic E-state index is 13.7. The van der Waals surface area contributed by atoms with Gasteiger partial charge in [-0.05, 0) is 24.6 Å². The second-order valence-electron chi connectivity index (χ2n) is 8.26. The zero-order valence-corrected chi connectivity index (χ0v) is 18.8.